The van der Waals surface area contributed by atoms with Crippen LogP contribution in [-0.2, 0) is 9.53 Å². The topological polar surface area (TPSA) is 169 Å². The number of anilines is 1. The Morgan fingerprint density at radius 3 is 2.81 bits per heavy atom. The predicted molar refractivity (Wildman–Crippen MR) is 65.6 cm³/mol. The zero-order chi connectivity index (χ0) is 15.1. The fourth-order valence-electron chi connectivity index (χ4n) is 2.23. The van der Waals surface area contributed by atoms with E-state index in [9.17, 15) is 15.0 Å². The van der Waals surface area contributed by atoms with E-state index in [1.807, 2.05) is 0 Å². The van der Waals surface area contributed by atoms with Crippen molar-refractivity contribution in [1.82, 2.24) is 25.0 Å². The molecule has 3 heterocycles. The van der Waals surface area contributed by atoms with E-state index in [2.05, 4.69) is 15.0 Å². The Morgan fingerprint density at radius 2 is 2.10 bits per heavy atom. The first-order valence-electron chi connectivity index (χ1n) is 5.93. The molecule has 0 aromatic carbocycles. The smallest absolute Gasteiger partial charge is 0.275 e. The number of hydrogen-bond donors (Lipinski definition) is 5. The average molecular weight is 296 g/mol. The van der Waals surface area contributed by atoms with Crippen molar-refractivity contribution >= 4 is 22.9 Å². The molecule has 11 heteroatoms. The van der Waals surface area contributed by atoms with Gasteiger partial charge in [-0.05, 0) is 0 Å². The van der Waals surface area contributed by atoms with E-state index < -0.39 is 30.4 Å². The van der Waals surface area contributed by atoms with Gasteiger partial charge in [-0.2, -0.15) is 0 Å². The summed E-state index contributed by atoms with van der Waals surface area (Å²) < 4.78 is 6.61. The van der Waals surface area contributed by atoms with Crippen molar-refractivity contribution in [2.75, 3.05) is 5.73 Å². The standard InChI is InChI=1S/C10H12N6O5/c11-7-3-8(13-1-12-7)16(2-14-3)10-5(18)4(17)6(21-10)9(19)15-20/h1-2,4-6,10,17-18,20H,(H,15,19)(H2,11,12,13)/t4-,5+,6-,10?/m0/s1. The van der Waals surface area contributed by atoms with E-state index in [-0.39, 0.29) is 11.5 Å². The van der Waals surface area contributed by atoms with E-state index in [1.54, 1.807) is 0 Å². The number of nitrogens with zero attached hydrogens (tertiary/aromatic N) is 4. The Bertz CT molecular complexity index is 690. The van der Waals surface area contributed by atoms with Crippen LogP contribution in [0.15, 0.2) is 12.7 Å². The molecule has 6 N–H and O–H groups in total. The number of ether oxygens (including phenoxy) is 1. The highest BCUT2D eigenvalue weighted by Crippen LogP contribution is 2.31. The maximum Gasteiger partial charge on any atom is 0.275 e. The van der Waals surface area contributed by atoms with Gasteiger partial charge in [0.15, 0.2) is 23.8 Å². The summed E-state index contributed by atoms with van der Waals surface area (Å²) in [4.78, 5) is 23.1. The molecule has 1 aliphatic heterocycles. The van der Waals surface area contributed by atoms with E-state index in [1.165, 1.54) is 22.7 Å². The minimum atomic E-state index is -1.52. The summed E-state index contributed by atoms with van der Waals surface area (Å²) in [5, 5.41) is 28.4. The Morgan fingerprint density at radius 1 is 1.33 bits per heavy atom. The predicted octanol–water partition coefficient (Wildman–Crippen LogP) is -2.47. The highest BCUT2D eigenvalue weighted by molar-refractivity contribution is 5.82. The molecule has 0 bridgehead atoms. The number of fused-ring (bicyclic) bond motifs is 1. The lowest BCUT2D eigenvalue weighted by Crippen LogP contribution is -2.41. The number of imidazole rings is 1. The Hall–Kier alpha value is -2.34. The van der Waals surface area contributed by atoms with Gasteiger partial charge in [0, 0.05) is 0 Å². The van der Waals surface area contributed by atoms with E-state index in [0.717, 1.165) is 0 Å². The highest BCUT2D eigenvalue weighted by Gasteiger charge is 2.47. The lowest BCUT2D eigenvalue weighted by molar-refractivity contribution is -0.146. The number of aromatic nitrogens is 4. The molecule has 4 atom stereocenters. The molecule has 2 aromatic heterocycles. The van der Waals surface area contributed by atoms with Gasteiger partial charge in [-0.3, -0.25) is 14.6 Å². The van der Waals surface area contributed by atoms with Gasteiger partial charge < -0.3 is 20.7 Å². The number of carbonyl (C=O) groups excluding carboxylic acids is 1. The van der Waals surface area contributed by atoms with Gasteiger partial charge in [0.1, 0.15) is 24.1 Å². The van der Waals surface area contributed by atoms with Gasteiger partial charge in [-0.1, -0.05) is 0 Å². The molecule has 3 rings (SSSR count). The second-order valence-electron chi connectivity index (χ2n) is 4.49. The van der Waals surface area contributed by atoms with E-state index >= 15 is 0 Å². The zero-order valence-corrected chi connectivity index (χ0v) is 10.5. The molecular weight excluding hydrogens is 284 g/mol. The molecule has 1 aliphatic rings. The van der Waals surface area contributed by atoms with Gasteiger partial charge in [0.25, 0.3) is 5.91 Å². The van der Waals surface area contributed by atoms with Crippen molar-refractivity contribution < 1.29 is 25.0 Å². The van der Waals surface area contributed by atoms with Crippen LogP contribution in [0.1, 0.15) is 6.23 Å². The van der Waals surface area contributed by atoms with Gasteiger partial charge in [-0.25, -0.2) is 20.4 Å². The number of rotatable bonds is 2. The summed E-state index contributed by atoms with van der Waals surface area (Å²) in [5.74, 6) is -0.820. The van der Waals surface area contributed by atoms with Crippen molar-refractivity contribution in [3.05, 3.63) is 12.7 Å². The summed E-state index contributed by atoms with van der Waals surface area (Å²) in [6.45, 7) is 0. The van der Waals surface area contributed by atoms with Crippen molar-refractivity contribution in [2.24, 2.45) is 0 Å². The van der Waals surface area contributed by atoms with E-state index in [0.29, 0.717) is 5.52 Å². The minimum absolute atomic E-state index is 0.149. The molecule has 0 radical (unpaired) electrons. The number of aliphatic hydroxyl groups excluding tert-OH is 2. The number of hydroxylamine groups is 1. The third-order valence-corrected chi connectivity index (χ3v) is 3.27. The van der Waals surface area contributed by atoms with Crippen LogP contribution in [0.3, 0.4) is 0 Å². The first-order valence-corrected chi connectivity index (χ1v) is 5.93. The molecule has 112 valence electrons. The maximum atomic E-state index is 11.4. The van der Waals surface area contributed by atoms with Crippen LogP contribution in [-0.4, -0.2) is 59.2 Å². The molecule has 0 saturated carbocycles. The number of nitrogens with one attached hydrogen (secondary N) is 1. The second-order valence-corrected chi connectivity index (χ2v) is 4.49. The van der Waals surface area contributed by atoms with Crippen LogP contribution in [0.25, 0.3) is 11.2 Å². The first-order chi connectivity index (χ1) is 10.0. The van der Waals surface area contributed by atoms with Crippen LogP contribution >= 0.6 is 0 Å². The van der Waals surface area contributed by atoms with Crippen LogP contribution < -0.4 is 11.2 Å². The highest BCUT2D eigenvalue weighted by atomic mass is 16.6. The molecule has 2 aromatic rings. The molecule has 21 heavy (non-hydrogen) atoms. The minimum Gasteiger partial charge on any atom is -0.387 e. The summed E-state index contributed by atoms with van der Waals surface area (Å²) in [6, 6.07) is 0. The lowest BCUT2D eigenvalue weighted by Gasteiger charge is -2.16. The number of carbonyl (C=O) groups is 1. The van der Waals surface area contributed by atoms with Crippen LogP contribution in [0.2, 0.25) is 0 Å². The van der Waals surface area contributed by atoms with Crippen molar-refractivity contribution in [3.8, 4) is 0 Å². The fraction of sp³-hybridized carbons (Fsp3) is 0.400. The van der Waals surface area contributed by atoms with Gasteiger partial charge in [-0.15, -0.1) is 0 Å². The molecule has 0 spiro atoms. The second kappa shape index (κ2) is 4.89. The van der Waals surface area contributed by atoms with Crippen LogP contribution in [0.4, 0.5) is 5.82 Å². The Kier molecular flexibility index (Phi) is 3.17. The lowest BCUT2D eigenvalue weighted by atomic mass is 10.1. The van der Waals surface area contributed by atoms with Crippen molar-refractivity contribution in [1.29, 1.82) is 0 Å². The maximum absolute atomic E-state index is 11.4. The number of nitrogens with two attached hydrogens (primary N) is 1. The summed E-state index contributed by atoms with van der Waals surface area (Å²) in [7, 11) is 0. The number of aliphatic hydroxyl groups is 2. The zero-order valence-electron chi connectivity index (χ0n) is 10.5. The molecule has 1 amide bonds. The summed E-state index contributed by atoms with van der Waals surface area (Å²) in [5.41, 5.74) is 7.60. The van der Waals surface area contributed by atoms with Crippen LogP contribution in [0, 0.1) is 0 Å². The first kappa shape index (κ1) is 13.6. The third kappa shape index (κ3) is 1.99. The average Bonchev–Trinajstić information content (AvgIpc) is 3.02. The van der Waals surface area contributed by atoms with Gasteiger partial charge >= 0.3 is 0 Å². The third-order valence-electron chi connectivity index (χ3n) is 3.27. The quantitative estimate of drug-likeness (QED) is 0.298. The largest absolute Gasteiger partial charge is 0.387 e. The normalized spacial score (nSPS) is 28.9. The summed E-state index contributed by atoms with van der Waals surface area (Å²) in [6.07, 6.45) is -2.95. The summed E-state index contributed by atoms with van der Waals surface area (Å²) >= 11 is 0. The molecule has 1 saturated heterocycles. The van der Waals surface area contributed by atoms with Crippen molar-refractivity contribution in [2.45, 2.75) is 24.5 Å². The molecule has 0 aliphatic carbocycles. The van der Waals surface area contributed by atoms with Crippen molar-refractivity contribution in [3.63, 3.8) is 0 Å². The Labute approximate surface area is 117 Å². The van der Waals surface area contributed by atoms with Gasteiger partial charge in [0.05, 0.1) is 6.33 Å². The number of amides is 1. The van der Waals surface area contributed by atoms with E-state index in [4.69, 9.17) is 15.7 Å². The molecular formula is C10H12N6O5. The molecule has 11 nitrogen and oxygen atoms in total. The van der Waals surface area contributed by atoms with Gasteiger partial charge in [0.2, 0.25) is 0 Å². The Balaban J connectivity index is 2.00. The number of hydrogen-bond acceptors (Lipinski definition) is 9. The number of nitrogen functional groups attached to an aromatic ring is 1. The monoisotopic (exact) mass is 296 g/mol. The molecule has 1 unspecified atom stereocenters. The fourth-order valence-corrected chi connectivity index (χ4v) is 2.23. The molecule has 1 fully saturated rings. The SMILES string of the molecule is Nc1ncnc2c1ncn2C1O[C@H](C(=O)NO)[C@@H](O)[C@H]1O. The van der Waals surface area contributed by atoms with Crippen LogP contribution in [0.5, 0.6) is 0 Å².